The molecule has 2 N–H and O–H groups in total. The number of rotatable bonds is 7. The number of hydrogen-bond donors (Lipinski definition) is 2. The first-order valence-electron chi connectivity index (χ1n) is 13.4. The van der Waals surface area contributed by atoms with Crippen LogP contribution in [0.3, 0.4) is 0 Å². The van der Waals surface area contributed by atoms with Gasteiger partial charge in [0, 0.05) is 35.7 Å². The Morgan fingerprint density at radius 2 is 1.76 bits per heavy atom. The predicted molar refractivity (Wildman–Crippen MR) is 150 cm³/mol. The topological polar surface area (TPSA) is 135 Å². The number of aliphatic imine (C=N–C) groups is 1. The van der Waals surface area contributed by atoms with Crippen LogP contribution in [-0.4, -0.2) is 65.6 Å². The number of methoxy groups -OCH3 is 1. The smallest absolute Gasteiger partial charge is 0.256 e. The van der Waals surface area contributed by atoms with Gasteiger partial charge in [0.1, 0.15) is 6.04 Å². The number of aliphatic hydroxyl groups is 1. The van der Waals surface area contributed by atoms with Gasteiger partial charge < -0.3 is 24.8 Å². The van der Waals surface area contributed by atoms with E-state index < -0.39 is 6.04 Å². The average molecular weight is 554 g/mol. The highest BCUT2D eigenvalue weighted by molar-refractivity contribution is 6.30. The van der Waals surface area contributed by atoms with E-state index in [9.17, 15) is 24.3 Å². The molecule has 3 aromatic rings. The Balaban J connectivity index is 1.12. The van der Waals surface area contributed by atoms with Crippen molar-refractivity contribution in [2.45, 2.75) is 31.7 Å². The van der Waals surface area contributed by atoms with Crippen LogP contribution in [-0.2, 0) is 4.79 Å². The maximum Gasteiger partial charge on any atom is 0.256 e. The Hall–Kier alpha value is -4.99. The number of carbonyl (C=O) groups is 4. The quantitative estimate of drug-likeness (QED) is 0.322. The van der Waals surface area contributed by atoms with Crippen molar-refractivity contribution in [2.75, 3.05) is 25.6 Å². The summed E-state index contributed by atoms with van der Waals surface area (Å²) >= 11 is 0. The van der Waals surface area contributed by atoms with Gasteiger partial charge in [0.25, 0.3) is 5.91 Å². The lowest BCUT2D eigenvalue weighted by molar-refractivity contribution is -0.116. The summed E-state index contributed by atoms with van der Waals surface area (Å²) in [6.45, 7) is 0.702. The van der Waals surface area contributed by atoms with Gasteiger partial charge in [-0.15, -0.1) is 0 Å². The van der Waals surface area contributed by atoms with Crippen LogP contribution in [0, 0.1) is 0 Å². The molecule has 2 aliphatic heterocycles. The van der Waals surface area contributed by atoms with Crippen molar-refractivity contribution in [1.29, 1.82) is 0 Å². The molecule has 41 heavy (non-hydrogen) atoms. The summed E-state index contributed by atoms with van der Waals surface area (Å²) in [5.41, 5.74) is 2.03. The van der Waals surface area contributed by atoms with Crippen LogP contribution < -0.4 is 14.8 Å². The number of ketones is 2. The molecule has 1 aliphatic carbocycles. The molecule has 6 rings (SSSR count). The van der Waals surface area contributed by atoms with Gasteiger partial charge >= 0.3 is 0 Å². The van der Waals surface area contributed by atoms with E-state index in [2.05, 4.69) is 10.3 Å². The van der Waals surface area contributed by atoms with E-state index in [1.54, 1.807) is 59.5 Å². The van der Waals surface area contributed by atoms with Crippen molar-refractivity contribution in [3.8, 4) is 11.5 Å². The highest BCUT2D eigenvalue weighted by Crippen LogP contribution is 2.39. The largest absolute Gasteiger partial charge is 0.495 e. The SMILES string of the molecule is COc1cc2c(cc1OCCCC(=O)Nc1cccc3c1C(=O)c1ccccc1C3=O)N=C(O)[C@@H]1CCCN1C2=O. The monoisotopic (exact) mass is 553 g/mol. The molecule has 0 bridgehead atoms. The Morgan fingerprint density at radius 3 is 2.54 bits per heavy atom. The lowest BCUT2D eigenvalue weighted by Crippen LogP contribution is -2.39. The molecule has 1 saturated heterocycles. The van der Waals surface area contributed by atoms with Crippen molar-refractivity contribution in [2.24, 2.45) is 4.99 Å². The molecule has 0 unspecified atom stereocenters. The van der Waals surface area contributed by atoms with Gasteiger partial charge in [-0.3, -0.25) is 19.2 Å². The molecule has 10 nitrogen and oxygen atoms in total. The summed E-state index contributed by atoms with van der Waals surface area (Å²) < 4.78 is 11.3. The molecular weight excluding hydrogens is 526 g/mol. The molecule has 0 aromatic heterocycles. The molecule has 3 aliphatic rings. The number of benzene rings is 3. The molecule has 0 radical (unpaired) electrons. The summed E-state index contributed by atoms with van der Waals surface area (Å²) in [5.74, 6) is -0.550. The number of ether oxygens (including phenoxy) is 2. The van der Waals surface area contributed by atoms with Crippen LogP contribution >= 0.6 is 0 Å². The van der Waals surface area contributed by atoms with Crippen molar-refractivity contribution >= 4 is 40.7 Å². The summed E-state index contributed by atoms with van der Waals surface area (Å²) in [6.07, 6.45) is 1.87. The number of nitrogens with zero attached hydrogens (tertiary/aromatic N) is 2. The van der Waals surface area contributed by atoms with E-state index in [4.69, 9.17) is 9.47 Å². The van der Waals surface area contributed by atoms with Gasteiger partial charge in [-0.2, -0.15) is 0 Å². The molecule has 1 atom stereocenters. The molecule has 10 heteroatoms. The maximum atomic E-state index is 13.2. The van der Waals surface area contributed by atoms with Crippen LogP contribution in [0.25, 0.3) is 0 Å². The van der Waals surface area contributed by atoms with Crippen molar-refractivity contribution in [1.82, 2.24) is 4.90 Å². The molecule has 3 aromatic carbocycles. The van der Waals surface area contributed by atoms with Crippen LogP contribution in [0.4, 0.5) is 11.4 Å². The second-order valence-electron chi connectivity index (χ2n) is 10.1. The van der Waals surface area contributed by atoms with E-state index in [0.717, 1.165) is 6.42 Å². The minimum absolute atomic E-state index is 0.0870. The summed E-state index contributed by atoms with van der Waals surface area (Å²) in [4.78, 5) is 57.9. The first-order valence-corrected chi connectivity index (χ1v) is 13.4. The van der Waals surface area contributed by atoms with Crippen molar-refractivity contribution in [3.05, 3.63) is 82.4 Å². The van der Waals surface area contributed by atoms with E-state index in [1.807, 2.05) is 0 Å². The van der Waals surface area contributed by atoms with Gasteiger partial charge in [-0.1, -0.05) is 36.4 Å². The first kappa shape index (κ1) is 26.2. The third kappa shape index (κ3) is 4.61. The highest BCUT2D eigenvalue weighted by atomic mass is 16.5. The van der Waals surface area contributed by atoms with Gasteiger partial charge in [0.2, 0.25) is 11.8 Å². The van der Waals surface area contributed by atoms with Gasteiger partial charge in [-0.25, -0.2) is 4.99 Å². The lowest BCUT2D eigenvalue weighted by Gasteiger charge is -2.21. The Bertz CT molecular complexity index is 1640. The van der Waals surface area contributed by atoms with Crippen LogP contribution in [0.2, 0.25) is 0 Å². The normalized spacial score (nSPS) is 17.1. The first-order chi connectivity index (χ1) is 19.9. The number of anilines is 1. The molecule has 2 amide bonds. The number of carbonyl (C=O) groups excluding carboxylic acids is 4. The third-order valence-electron chi connectivity index (χ3n) is 7.59. The predicted octanol–water partition coefficient (Wildman–Crippen LogP) is 4.47. The average Bonchev–Trinajstić information content (AvgIpc) is 3.45. The minimum atomic E-state index is -0.429. The molecule has 208 valence electrons. The third-order valence-corrected chi connectivity index (χ3v) is 7.59. The zero-order chi connectivity index (χ0) is 28.7. The summed E-state index contributed by atoms with van der Waals surface area (Å²) in [6, 6.07) is 14.2. The molecule has 0 spiro atoms. The van der Waals surface area contributed by atoms with Crippen LogP contribution in [0.15, 0.2) is 59.6 Å². The summed E-state index contributed by atoms with van der Waals surface area (Å²) in [5, 5.41) is 13.3. The number of nitrogens with one attached hydrogen (secondary N) is 1. The zero-order valence-corrected chi connectivity index (χ0v) is 22.3. The lowest BCUT2D eigenvalue weighted by atomic mass is 9.83. The van der Waals surface area contributed by atoms with E-state index in [-0.39, 0.29) is 59.1 Å². The van der Waals surface area contributed by atoms with Gasteiger partial charge in [0.05, 0.1) is 36.2 Å². The van der Waals surface area contributed by atoms with Crippen LogP contribution in [0.1, 0.15) is 67.9 Å². The fraction of sp³-hybridized carbons (Fsp3) is 0.258. The van der Waals surface area contributed by atoms with E-state index >= 15 is 0 Å². The second kappa shape index (κ2) is 10.5. The Morgan fingerprint density at radius 1 is 1.00 bits per heavy atom. The van der Waals surface area contributed by atoms with Gasteiger partial charge in [-0.05, 0) is 31.4 Å². The van der Waals surface area contributed by atoms with E-state index in [1.165, 1.54) is 7.11 Å². The van der Waals surface area contributed by atoms with Crippen LogP contribution in [0.5, 0.6) is 11.5 Å². The highest BCUT2D eigenvalue weighted by Gasteiger charge is 2.37. The fourth-order valence-electron chi connectivity index (χ4n) is 5.59. The number of fused-ring (bicyclic) bond motifs is 4. The number of hydrogen-bond acceptors (Lipinski definition) is 7. The van der Waals surface area contributed by atoms with Gasteiger partial charge in [0.15, 0.2) is 23.1 Å². The Labute approximate surface area is 235 Å². The number of aliphatic hydroxyl groups excluding tert-OH is 1. The van der Waals surface area contributed by atoms with Crippen molar-refractivity contribution < 1.29 is 33.8 Å². The summed E-state index contributed by atoms with van der Waals surface area (Å²) in [7, 11) is 1.47. The molecule has 2 heterocycles. The Kier molecular flexibility index (Phi) is 6.74. The zero-order valence-electron chi connectivity index (χ0n) is 22.3. The standard InChI is InChI=1S/C31H27N3O7/c1-40-24-15-20-22(33-30(38)23-11-5-13-34(23)31(20)39)16-25(24)41-14-6-12-26(35)32-21-10-4-9-19-27(21)29(37)18-8-3-2-7-17(18)28(19)36/h2-4,7-10,15-16,23H,5-6,11-14H2,1H3,(H,32,35)(H,33,38)/t23-/m0/s1. The molecular formula is C31H27N3O7. The number of amides is 2. The molecule has 1 fully saturated rings. The second-order valence-corrected chi connectivity index (χ2v) is 10.1. The maximum absolute atomic E-state index is 13.2. The van der Waals surface area contributed by atoms with E-state index in [0.29, 0.717) is 53.3 Å². The molecule has 0 saturated carbocycles. The van der Waals surface area contributed by atoms with Crippen molar-refractivity contribution in [3.63, 3.8) is 0 Å². The fourth-order valence-corrected chi connectivity index (χ4v) is 5.59. The minimum Gasteiger partial charge on any atom is -0.495 e.